The SMILES string of the molecule is CC1(C)Oc2ccc(S(=O)(=O)c3ccc(F)cc3)cc2[C@H](N2CCCC2=O)[C@H]1O. The van der Waals surface area contributed by atoms with Crippen molar-refractivity contribution in [1.29, 1.82) is 0 Å². The summed E-state index contributed by atoms with van der Waals surface area (Å²) in [5, 5.41) is 11.0. The summed E-state index contributed by atoms with van der Waals surface area (Å²) < 4.78 is 45.2. The van der Waals surface area contributed by atoms with Gasteiger partial charge in [0, 0.05) is 18.5 Å². The maximum Gasteiger partial charge on any atom is 0.223 e. The zero-order valence-electron chi connectivity index (χ0n) is 16.1. The molecular weight excluding hydrogens is 397 g/mol. The predicted molar refractivity (Wildman–Crippen MR) is 103 cm³/mol. The zero-order valence-corrected chi connectivity index (χ0v) is 16.9. The van der Waals surface area contributed by atoms with Crippen LogP contribution in [0.3, 0.4) is 0 Å². The average molecular weight is 419 g/mol. The minimum atomic E-state index is -3.90. The van der Waals surface area contributed by atoms with Crippen molar-refractivity contribution >= 4 is 15.7 Å². The van der Waals surface area contributed by atoms with Crippen molar-refractivity contribution in [1.82, 2.24) is 4.90 Å². The number of hydrogen-bond acceptors (Lipinski definition) is 5. The van der Waals surface area contributed by atoms with E-state index >= 15 is 0 Å². The second kappa shape index (κ2) is 6.81. The van der Waals surface area contributed by atoms with Gasteiger partial charge in [-0.3, -0.25) is 4.79 Å². The number of aliphatic hydroxyl groups excluding tert-OH is 1. The van der Waals surface area contributed by atoms with Crippen LogP contribution in [0.2, 0.25) is 0 Å². The summed E-state index contributed by atoms with van der Waals surface area (Å²) in [6.07, 6.45) is 0.0560. The summed E-state index contributed by atoms with van der Waals surface area (Å²) >= 11 is 0. The lowest BCUT2D eigenvalue weighted by molar-refractivity contribution is -0.139. The molecule has 0 spiro atoms. The van der Waals surface area contributed by atoms with Gasteiger partial charge < -0.3 is 14.7 Å². The molecule has 2 aliphatic heterocycles. The van der Waals surface area contributed by atoms with E-state index in [0.717, 1.165) is 12.1 Å². The van der Waals surface area contributed by atoms with Crippen molar-refractivity contribution in [3.05, 3.63) is 53.8 Å². The Hall–Kier alpha value is -2.45. The molecule has 1 fully saturated rings. The van der Waals surface area contributed by atoms with E-state index in [4.69, 9.17) is 4.74 Å². The summed E-state index contributed by atoms with van der Waals surface area (Å²) in [6.45, 7) is 3.96. The highest BCUT2D eigenvalue weighted by atomic mass is 32.2. The third-order valence-electron chi connectivity index (χ3n) is 5.56. The highest BCUT2D eigenvalue weighted by molar-refractivity contribution is 7.91. The van der Waals surface area contributed by atoms with Crippen LogP contribution in [0.15, 0.2) is 52.3 Å². The number of amides is 1. The lowest BCUT2D eigenvalue weighted by Gasteiger charge is -2.45. The second-order valence-corrected chi connectivity index (χ2v) is 9.89. The lowest BCUT2D eigenvalue weighted by atomic mass is 9.85. The first kappa shape index (κ1) is 19.8. The van der Waals surface area contributed by atoms with E-state index in [9.17, 15) is 22.7 Å². The van der Waals surface area contributed by atoms with Crippen LogP contribution in [0.4, 0.5) is 4.39 Å². The fraction of sp³-hybridized carbons (Fsp3) is 0.381. The Morgan fingerprint density at radius 2 is 1.79 bits per heavy atom. The molecule has 4 rings (SSSR count). The molecule has 0 radical (unpaired) electrons. The molecule has 6 nitrogen and oxygen atoms in total. The molecule has 1 N–H and O–H groups in total. The summed E-state index contributed by atoms with van der Waals surface area (Å²) in [5.41, 5.74) is -0.493. The van der Waals surface area contributed by atoms with E-state index in [1.807, 2.05) is 0 Å². The molecule has 0 bridgehead atoms. The van der Waals surface area contributed by atoms with Crippen molar-refractivity contribution in [3.63, 3.8) is 0 Å². The van der Waals surface area contributed by atoms with Crippen LogP contribution >= 0.6 is 0 Å². The fourth-order valence-electron chi connectivity index (χ4n) is 3.96. The Balaban J connectivity index is 1.83. The van der Waals surface area contributed by atoms with Crippen molar-refractivity contribution in [3.8, 4) is 5.75 Å². The number of rotatable bonds is 3. The van der Waals surface area contributed by atoms with Gasteiger partial charge in [0.2, 0.25) is 15.7 Å². The summed E-state index contributed by atoms with van der Waals surface area (Å²) in [7, 11) is -3.90. The average Bonchev–Trinajstić information content (AvgIpc) is 3.08. The molecule has 2 heterocycles. The molecule has 2 atom stereocenters. The number of carbonyl (C=O) groups excluding carboxylic acids is 1. The molecule has 0 saturated carbocycles. The molecular formula is C21H22FNO5S. The maximum absolute atomic E-state index is 13.2. The topological polar surface area (TPSA) is 83.9 Å². The number of fused-ring (bicyclic) bond motifs is 1. The third kappa shape index (κ3) is 3.30. The Bertz CT molecular complexity index is 1060. The molecule has 0 aromatic heterocycles. The number of nitrogens with zero attached hydrogens (tertiary/aromatic N) is 1. The normalized spacial score (nSPS) is 23.6. The molecule has 0 unspecified atom stereocenters. The van der Waals surface area contributed by atoms with Crippen molar-refractivity contribution in [2.75, 3.05) is 6.54 Å². The second-order valence-electron chi connectivity index (χ2n) is 7.94. The standard InChI is InChI=1S/C21H22FNO5S/c1-21(2)20(25)19(23-11-3-4-18(23)24)16-12-15(9-10-17(16)28-21)29(26,27)14-7-5-13(22)6-8-14/h5-10,12,19-20,25H,3-4,11H2,1-2H3/t19-,20+/m0/s1. The number of sulfone groups is 1. The molecule has 2 aromatic carbocycles. The number of benzene rings is 2. The zero-order chi connectivity index (χ0) is 21.0. The van der Waals surface area contributed by atoms with Gasteiger partial charge in [0.25, 0.3) is 0 Å². The number of likely N-dealkylation sites (tertiary alicyclic amines) is 1. The molecule has 8 heteroatoms. The van der Waals surface area contributed by atoms with E-state index in [0.29, 0.717) is 30.7 Å². The van der Waals surface area contributed by atoms with E-state index in [1.54, 1.807) is 24.8 Å². The molecule has 2 aliphatic rings. The van der Waals surface area contributed by atoms with Crippen LogP contribution in [0.1, 0.15) is 38.3 Å². The highest BCUT2D eigenvalue weighted by Gasteiger charge is 2.47. The lowest BCUT2D eigenvalue weighted by Crippen LogP contribution is -2.53. The summed E-state index contributed by atoms with van der Waals surface area (Å²) in [5.74, 6) is -0.173. The Kier molecular flexibility index (Phi) is 4.66. The van der Waals surface area contributed by atoms with Gasteiger partial charge in [-0.25, -0.2) is 12.8 Å². The van der Waals surface area contributed by atoms with Gasteiger partial charge in [-0.2, -0.15) is 0 Å². The van der Waals surface area contributed by atoms with E-state index in [-0.39, 0.29) is 15.7 Å². The highest BCUT2D eigenvalue weighted by Crippen LogP contribution is 2.45. The van der Waals surface area contributed by atoms with Crippen LogP contribution < -0.4 is 4.74 Å². The first-order valence-electron chi connectivity index (χ1n) is 9.42. The monoisotopic (exact) mass is 419 g/mol. The van der Waals surface area contributed by atoms with Crippen LogP contribution in [0.25, 0.3) is 0 Å². The van der Waals surface area contributed by atoms with Gasteiger partial charge in [-0.15, -0.1) is 0 Å². The van der Waals surface area contributed by atoms with Gasteiger partial charge in [-0.1, -0.05) is 0 Å². The predicted octanol–water partition coefficient (Wildman–Crippen LogP) is 2.85. The van der Waals surface area contributed by atoms with Gasteiger partial charge in [0.1, 0.15) is 23.3 Å². The van der Waals surface area contributed by atoms with Crippen LogP contribution in [0.5, 0.6) is 5.75 Å². The minimum Gasteiger partial charge on any atom is -0.485 e. The molecule has 154 valence electrons. The Morgan fingerprint density at radius 3 is 2.41 bits per heavy atom. The van der Waals surface area contributed by atoms with Gasteiger partial charge in [-0.05, 0) is 62.7 Å². The van der Waals surface area contributed by atoms with Crippen LogP contribution in [-0.4, -0.2) is 42.6 Å². The summed E-state index contributed by atoms with van der Waals surface area (Å²) in [6, 6.07) is 8.31. The van der Waals surface area contributed by atoms with E-state index in [2.05, 4.69) is 0 Å². The molecule has 29 heavy (non-hydrogen) atoms. The van der Waals surface area contributed by atoms with Gasteiger partial charge >= 0.3 is 0 Å². The van der Waals surface area contributed by atoms with Crippen molar-refractivity contribution in [2.24, 2.45) is 0 Å². The van der Waals surface area contributed by atoms with Crippen LogP contribution in [-0.2, 0) is 14.6 Å². The van der Waals surface area contributed by atoms with Crippen molar-refractivity contribution in [2.45, 2.75) is 54.2 Å². The quantitative estimate of drug-likeness (QED) is 0.774. The van der Waals surface area contributed by atoms with Crippen molar-refractivity contribution < 1.29 is 27.4 Å². The van der Waals surface area contributed by atoms with E-state index < -0.39 is 33.4 Å². The first-order chi connectivity index (χ1) is 13.6. The molecule has 0 aliphatic carbocycles. The van der Waals surface area contributed by atoms with Crippen LogP contribution in [0, 0.1) is 5.82 Å². The molecule has 1 amide bonds. The van der Waals surface area contributed by atoms with E-state index in [1.165, 1.54) is 24.3 Å². The Labute approximate surface area is 168 Å². The number of carbonyl (C=O) groups is 1. The number of hydrogen-bond donors (Lipinski definition) is 1. The number of aliphatic hydroxyl groups is 1. The van der Waals surface area contributed by atoms with Gasteiger partial charge in [0.15, 0.2) is 0 Å². The first-order valence-corrected chi connectivity index (χ1v) is 10.9. The number of ether oxygens (including phenoxy) is 1. The number of halogens is 1. The molecule has 2 aromatic rings. The largest absolute Gasteiger partial charge is 0.485 e. The fourth-order valence-corrected chi connectivity index (χ4v) is 5.26. The smallest absolute Gasteiger partial charge is 0.223 e. The van der Waals surface area contributed by atoms with Gasteiger partial charge in [0.05, 0.1) is 15.8 Å². The summed E-state index contributed by atoms with van der Waals surface area (Å²) in [4.78, 5) is 14.0. The molecule has 1 saturated heterocycles. The maximum atomic E-state index is 13.2. The third-order valence-corrected chi connectivity index (χ3v) is 7.33. The minimum absolute atomic E-state index is 0.00462. The Morgan fingerprint density at radius 1 is 1.14 bits per heavy atom.